The molecule has 0 bridgehead atoms. The van der Waals surface area contributed by atoms with Crippen LogP contribution in [0.4, 0.5) is 11.6 Å². The smallest absolute Gasteiger partial charge is 0.134 e. The van der Waals surface area contributed by atoms with Crippen LogP contribution in [0, 0.1) is 6.92 Å². The van der Waals surface area contributed by atoms with Gasteiger partial charge in [-0.2, -0.15) is 5.10 Å². The van der Waals surface area contributed by atoms with E-state index in [0.29, 0.717) is 0 Å². The molecule has 0 amide bonds. The maximum Gasteiger partial charge on any atom is 0.134 e. The van der Waals surface area contributed by atoms with Crippen molar-refractivity contribution in [2.75, 3.05) is 23.8 Å². The number of hydrogen-bond acceptors (Lipinski definition) is 5. The first-order valence-corrected chi connectivity index (χ1v) is 6.86. The lowest BCUT2D eigenvalue weighted by molar-refractivity contribution is 0.766. The van der Waals surface area contributed by atoms with E-state index >= 15 is 0 Å². The molecule has 0 unspecified atom stereocenters. The van der Waals surface area contributed by atoms with Crippen LogP contribution in [0.5, 0.6) is 0 Å². The average Bonchev–Trinajstić information content (AvgIpc) is 2.81. The van der Waals surface area contributed by atoms with E-state index in [-0.39, 0.29) is 0 Å². The molecule has 2 heterocycles. The number of anilines is 2. The molecule has 0 atom stereocenters. The Morgan fingerprint density at radius 2 is 2.15 bits per heavy atom. The summed E-state index contributed by atoms with van der Waals surface area (Å²) in [4.78, 5) is 11.0. The van der Waals surface area contributed by atoms with Crippen molar-refractivity contribution in [1.82, 2.24) is 19.7 Å². The number of rotatable bonds is 6. The van der Waals surface area contributed by atoms with Gasteiger partial charge in [0.2, 0.25) is 0 Å². The molecule has 0 aliphatic heterocycles. The normalized spacial score (nSPS) is 10.6. The second-order valence-corrected chi connectivity index (χ2v) is 4.96. The average molecular weight is 274 g/mol. The van der Waals surface area contributed by atoms with Crippen LogP contribution >= 0.6 is 0 Å². The highest BCUT2D eigenvalue weighted by Gasteiger charge is 2.08. The van der Waals surface area contributed by atoms with Gasteiger partial charge < -0.3 is 10.2 Å². The maximum atomic E-state index is 4.49. The van der Waals surface area contributed by atoms with E-state index < -0.39 is 0 Å². The second kappa shape index (κ2) is 6.36. The van der Waals surface area contributed by atoms with Gasteiger partial charge in [-0.1, -0.05) is 6.92 Å². The second-order valence-electron chi connectivity index (χ2n) is 4.96. The van der Waals surface area contributed by atoms with E-state index in [9.17, 15) is 0 Å². The summed E-state index contributed by atoms with van der Waals surface area (Å²) < 4.78 is 1.81. The van der Waals surface area contributed by atoms with Gasteiger partial charge in [0.05, 0.1) is 6.20 Å². The van der Waals surface area contributed by atoms with Crippen molar-refractivity contribution >= 4 is 11.6 Å². The molecule has 20 heavy (non-hydrogen) atoms. The van der Waals surface area contributed by atoms with E-state index in [0.717, 1.165) is 42.5 Å². The van der Waals surface area contributed by atoms with Gasteiger partial charge in [0.15, 0.2) is 0 Å². The van der Waals surface area contributed by atoms with Crippen LogP contribution in [-0.2, 0) is 13.6 Å². The largest absolute Gasteiger partial charge is 0.370 e. The Morgan fingerprint density at radius 1 is 1.35 bits per heavy atom. The number of hydrogen-bond donors (Lipinski definition) is 1. The van der Waals surface area contributed by atoms with Gasteiger partial charge >= 0.3 is 0 Å². The van der Waals surface area contributed by atoms with Crippen LogP contribution in [0.3, 0.4) is 0 Å². The number of aryl methyl sites for hydroxylation is 2. The molecule has 0 aliphatic carbocycles. The summed E-state index contributed by atoms with van der Waals surface area (Å²) in [7, 11) is 3.95. The lowest BCUT2D eigenvalue weighted by atomic mass is 10.3. The molecule has 0 saturated heterocycles. The van der Waals surface area contributed by atoms with Gasteiger partial charge in [-0.3, -0.25) is 4.68 Å². The van der Waals surface area contributed by atoms with Crippen molar-refractivity contribution in [1.29, 1.82) is 0 Å². The molecule has 0 radical (unpaired) electrons. The molecule has 2 aromatic rings. The number of nitrogens with zero attached hydrogens (tertiary/aromatic N) is 5. The van der Waals surface area contributed by atoms with Crippen LogP contribution < -0.4 is 10.2 Å². The van der Waals surface area contributed by atoms with E-state index in [1.807, 2.05) is 44.2 Å². The minimum atomic E-state index is 0.775. The van der Waals surface area contributed by atoms with Crippen LogP contribution in [0.2, 0.25) is 0 Å². The SMILES string of the molecule is CCCNc1cc(N(C)Cc2cnn(C)c2)nc(C)n1. The molecular weight excluding hydrogens is 252 g/mol. The highest BCUT2D eigenvalue weighted by atomic mass is 15.2. The van der Waals surface area contributed by atoms with Gasteiger partial charge in [0.25, 0.3) is 0 Å². The summed E-state index contributed by atoms with van der Waals surface area (Å²) in [6, 6.07) is 1.99. The van der Waals surface area contributed by atoms with Crippen molar-refractivity contribution in [3.63, 3.8) is 0 Å². The lowest BCUT2D eigenvalue weighted by Crippen LogP contribution is -2.18. The van der Waals surface area contributed by atoms with Crippen LogP contribution in [0.1, 0.15) is 24.7 Å². The third-order valence-electron chi connectivity index (χ3n) is 2.95. The Balaban J connectivity index is 2.12. The maximum absolute atomic E-state index is 4.49. The predicted molar refractivity (Wildman–Crippen MR) is 80.9 cm³/mol. The van der Waals surface area contributed by atoms with Crippen molar-refractivity contribution in [2.45, 2.75) is 26.8 Å². The van der Waals surface area contributed by atoms with Crippen LogP contribution in [0.15, 0.2) is 18.5 Å². The fourth-order valence-electron chi connectivity index (χ4n) is 2.00. The topological polar surface area (TPSA) is 58.9 Å². The fraction of sp³-hybridized carbons (Fsp3) is 0.500. The summed E-state index contributed by atoms with van der Waals surface area (Å²) in [6.45, 7) is 5.74. The summed E-state index contributed by atoms with van der Waals surface area (Å²) in [5.74, 6) is 2.58. The zero-order valence-corrected chi connectivity index (χ0v) is 12.6. The van der Waals surface area contributed by atoms with Gasteiger partial charge in [0, 0.05) is 45.0 Å². The summed E-state index contributed by atoms with van der Waals surface area (Å²) >= 11 is 0. The molecule has 2 rings (SSSR count). The molecule has 0 spiro atoms. The Morgan fingerprint density at radius 3 is 2.80 bits per heavy atom. The Kier molecular flexibility index (Phi) is 4.55. The molecule has 108 valence electrons. The van der Waals surface area contributed by atoms with E-state index in [1.165, 1.54) is 0 Å². The Hall–Kier alpha value is -2.11. The Bertz CT molecular complexity index is 563. The summed E-state index contributed by atoms with van der Waals surface area (Å²) in [5.41, 5.74) is 1.16. The lowest BCUT2D eigenvalue weighted by Gasteiger charge is -2.18. The van der Waals surface area contributed by atoms with Crippen LogP contribution in [-0.4, -0.2) is 33.3 Å². The quantitative estimate of drug-likeness (QED) is 0.873. The third kappa shape index (κ3) is 3.69. The van der Waals surface area contributed by atoms with Crippen molar-refractivity contribution in [3.8, 4) is 0 Å². The molecule has 0 saturated carbocycles. The fourth-order valence-corrected chi connectivity index (χ4v) is 2.00. The first-order valence-electron chi connectivity index (χ1n) is 6.86. The molecule has 0 aromatic carbocycles. The van der Waals surface area contributed by atoms with Gasteiger partial charge in [-0.25, -0.2) is 9.97 Å². The van der Waals surface area contributed by atoms with Crippen molar-refractivity contribution in [3.05, 3.63) is 29.8 Å². The standard InChI is InChI=1S/C14H22N6/c1-5-6-15-13-7-14(18-11(2)17-13)19(3)9-12-8-16-20(4)10-12/h7-8,10H,5-6,9H2,1-4H3,(H,15,17,18). The zero-order valence-electron chi connectivity index (χ0n) is 12.6. The summed E-state index contributed by atoms with van der Waals surface area (Å²) in [5, 5.41) is 7.49. The van der Waals surface area contributed by atoms with Gasteiger partial charge in [-0.05, 0) is 13.3 Å². The monoisotopic (exact) mass is 274 g/mol. The highest BCUT2D eigenvalue weighted by molar-refractivity contribution is 5.49. The van der Waals surface area contributed by atoms with Gasteiger partial charge in [-0.15, -0.1) is 0 Å². The first-order chi connectivity index (χ1) is 9.58. The molecule has 0 aliphatic rings. The molecule has 1 N–H and O–H groups in total. The first kappa shape index (κ1) is 14.3. The molecular formula is C14H22N6. The minimum absolute atomic E-state index is 0.775. The van der Waals surface area contributed by atoms with Crippen LogP contribution in [0.25, 0.3) is 0 Å². The molecule has 0 fully saturated rings. The van der Waals surface area contributed by atoms with E-state index in [2.05, 4.69) is 32.2 Å². The molecule has 2 aromatic heterocycles. The highest BCUT2D eigenvalue weighted by Crippen LogP contribution is 2.16. The van der Waals surface area contributed by atoms with E-state index in [1.54, 1.807) is 0 Å². The van der Waals surface area contributed by atoms with Gasteiger partial charge in [0.1, 0.15) is 17.5 Å². The molecule has 6 nitrogen and oxygen atoms in total. The van der Waals surface area contributed by atoms with E-state index in [4.69, 9.17) is 0 Å². The third-order valence-corrected chi connectivity index (χ3v) is 2.95. The van der Waals surface area contributed by atoms with Crippen molar-refractivity contribution in [2.24, 2.45) is 7.05 Å². The summed E-state index contributed by atoms with van der Waals surface area (Å²) in [6.07, 6.45) is 4.96. The molecule has 6 heteroatoms. The zero-order chi connectivity index (χ0) is 14.5. The number of aromatic nitrogens is 4. The predicted octanol–water partition coefficient (Wildman–Crippen LogP) is 1.98. The number of nitrogens with one attached hydrogen (secondary N) is 1. The minimum Gasteiger partial charge on any atom is -0.370 e. The Labute approximate surface area is 119 Å². The van der Waals surface area contributed by atoms with Crippen molar-refractivity contribution < 1.29 is 0 Å².